The summed E-state index contributed by atoms with van der Waals surface area (Å²) in [7, 11) is 0. The third kappa shape index (κ3) is 5.05. The quantitative estimate of drug-likeness (QED) is 0.173. The fraction of sp³-hybridized carbons (Fsp3) is 0.263. The number of nitro benzene ring substituents is 1. The Morgan fingerprint density at radius 2 is 2.00 bits per heavy atom. The Kier molecular flexibility index (Phi) is 6.68. The van der Waals surface area contributed by atoms with Crippen molar-refractivity contribution in [3.05, 3.63) is 57.8 Å². The molecule has 0 radical (unpaired) electrons. The van der Waals surface area contributed by atoms with Crippen LogP contribution in [0.5, 0.6) is 0 Å². The van der Waals surface area contributed by atoms with Crippen LogP contribution in [0, 0.1) is 21.4 Å². The van der Waals surface area contributed by atoms with Gasteiger partial charge in [0.05, 0.1) is 11.5 Å². The van der Waals surface area contributed by atoms with Gasteiger partial charge in [-0.3, -0.25) is 10.1 Å². The number of hydrogen-bond donors (Lipinski definition) is 0. The number of rotatable bonds is 8. The Morgan fingerprint density at radius 3 is 2.62 bits per heavy atom. The maximum Gasteiger partial charge on any atom is 0.349 e. The molecule has 0 fully saturated rings. The number of esters is 1. The Morgan fingerprint density at radius 1 is 1.27 bits per heavy atom. The van der Waals surface area contributed by atoms with E-state index < -0.39 is 10.9 Å². The first-order valence-electron chi connectivity index (χ1n) is 8.18. The Bertz CT molecular complexity index is 844. The van der Waals surface area contributed by atoms with Gasteiger partial charge in [0, 0.05) is 23.8 Å². The average Bonchev–Trinajstić information content (AvgIpc) is 3.11. The van der Waals surface area contributed by atoms with Gasteiger partial charge in [-0.2, -0.15) is 5.26 Å². The molecule has 0 saturated heterocycles. The van der Waals surface area contributed by atoms with Crippen molar-refractivity contribution < 1.29 is 18.9 Å². The topological polar surface area (TPSA) is 106 Å². The molecule has 7 nitrogen and oxygen atoms in total. The van der Waals surface area contributed by atoms with Crippen LogP contribution in [-0.4, -0.2) is 17.5 Å². The summed E-state index contributed by atoms with van der Waals surface area (Å²) in [6.07, 6.45) is 4.04. The summed E-state index contributed by atoms with van der Waals surface area (Å²) in [6.45, 7) is 2.32. The van der Waals surface area contributed by atoms with Gasteiger partial charge >= 0.3 is 5.97 Å². The molecule has 0 aliphatic carbocycles. The van der Waals surface area contributed by atoms with Gasteiger partial charge in [0.15, 0.2) is 0 Å². The minimum atomic E-state index is -0.683. The summed E-state index contributed by atoms with van der Waals surface area (Å²) in [5.74, 6) is 0.108. The Labute approximate surface area is 150 Å². The number of ether oxygens (including phenoxy) is 1. The van der Waals surface area contributed by atoms with Crippen molar-refractivity contribution in [1.82, 2.24) is 0 Å². The highest BCUT2D eigenvalue weighted by Gasteiger charge is 2.13. The summed E-state index contributed by atoms with van der Waals surface area (Å²) in [5, 5.41) is 19.8. The lowest BCUT2D eigenvalue weighted by atomic mass is 10.1. The fourth-order valence-electron chi connectivity index (χ4n) is 2.21. The lowest BCUT2D eigenvalue weighted by molar-refractivity contribution is -0.384. The minimum Gasteiger partial charge on any atom is -0.462 e. The monoisotopic (exact) mass is 354 g/mol. The van der Waals surface area contributed by atoms with Crippen LogP contribution < -0.4 is 0 Å². The van der Waals surface area contributed by atoms with Crippen LogP contribution in [0.3, 0.4) is 0 Å². The molecule has 1 aromatic carbocycles. The van der Waals surface area contributed by atoms with Crippen LogP contribution in [0.25, 0.3) is 17.4 Å². The van der Waals surface area contributed by atoms with E-state index in [9.17, 15) is 14.9 Å². The van der Waals surface area contributed by atoms with Crippen molar-refractivity contribution in [2.45, 2.75) is 26.2 Å². The highest BCUT2D eigenvalue weighted by molar-refractivity contribution is 5.97. The van der Waals surface area contributed by atoms with Crippen LogP contribution in [0.15, 0.2) is 46.4 Å². The second kappa shape index (κ2) is 9.18. The first kappa shape index (κ1) is 18.9. The van der Waals surface area contributed by atoms with Gasteiger partial charge in [0.1, 0.15) is 23.2 Å². The molecule has 0 N–H and O–H groups in total. The van der Waals surface area contributed by atoms with Crippen LogP contribution in [0.2, 0.25) is 0 Å². The van der Waals surface area contributed by atoms with Gasteiger partial charge in [0.2, 0.25) is 0 Å². The van der Waals surface area contributed by atoms with E-state index in [1.54, 1.807) is 24.3 Å². The van der Waals surface area contributed by atoms with Gasteiger partial charge in [-0.25, -0.2) is 4.79 Å². The highest BCUT2D eigenvalue weighted by atomic mass is 16.6. The lowest BCUT2D eigenvalue weighted by Gasteiger charge is -2.02. The van der Waals surface area contributed by atoms with Crippen LogP contribution >= 0.6 is 0 Å². The van der Waals surface area contributed by atoms with Gasteiger partial charge in [0.25, 0.3) is 5.69 Å². The van der Waals surface area contributed by atoms with E-state index in [4.69, 9.17) is 14.4 Å². The summed E-state index contributed by atoms with van der Waals surface area (Å²) >= 11 is 0. The number of nitriles is 1. The molecule has 2 aromatic rings. The molecule has 0 bridgehead atoms. The highest BCUT2D eigenvalue weighted by Crippen LogP contribution is 2.25. The van der Waals surface area contributed by atoms with Crippen LogP contribution in [-0.2, 0) is 9.53 Å². The summed E-state index contributed by atoms with van der Waals surface area (Å²) in [6, 6.07) is 11.0. The zero-order valence-electron chi connectivity index (χ0n) is 14.3. The summed E-state index contributed by atoms with van der Waals surface area (Å²) < 4.78 is 10.7. The van der Waals surface area contributed by atoms with E-state index in [2.05, 4.69) is 0 Å². The van der Waals surface area contributed by atoms with Crippen molar-refractivity contribution in [2.24, 2.45) is 0 Å². The van der Waals surface area contributed by atoms with E-state index in [0.717, 1.165) is 19.3 Å². The van der Waals surface area contributed by atoms with Crippen molar-refractivity contribution in [3.8, 4) is 17.4 Å². The molecule has 0 unspecified atom stereocenters. The van der Waals surface area contributed by atoms with Gasteiger partial charge in [-0.1, -0.05) is 19.8 Å². The molecule has 0 saturated carbocycles. The molecule has 7 heteroatoms. The summed E-state index contributed by atoms with van der Waals surface area (Å²) in [4.78, 5) is 22.1. The fourth-order valence-corrected chi connectivity index (χ4v) is 2.21. The Hall–Kier alpha value is -3.40. The number of hydrogen-bond acceptors (Lipinski definition) is 6. The molecule has 2 rings (SSSR count). The molecule has 0 amide bonds. The molecular weight excluding hydrogens is 336 g/mol. The zero-order chi connectivity index (χ0) is 18.9. The minimum absolute atomic E-state index is 0.0157. The number of carbonyl (C=O) groups is 1. The van der Waals surface area contributed by atoms with E-state index in [0.29, 0.717) is 17.1 Å². The standard InChI is InChI=1S/C19H18N2O5/c1-2-3-4-11-25-19(22)15(13-20)12-17-9-10-18(26-17)14-5-7-16(8-6-14)21(23)24/h5-10,12H,2-4,11H2,1H3/b15-12+. The first-order chi connectivity index (χ1) is 12.5. The summed E-state index contributed by atoms with van der Waals surface area (Å²) in [5.41, 5.74) is 0.486. The predicted octanol–water partition coefficient (Wildman–Crippen LogP) is 4.50. The predicted molar refractivity (Wildman–Crippen MR) is 94.9 cm³/mol. The number of nitrogens with zero attached hydrogens (tertiary/aromatic N) is 2. The van der Waals surface area contributed by atoms with Gasteiger partial charge in [-0.15, -0.1) is 0 Å². The maximum absolute atomic E-state index is 11.9. The smallest absolute Gasteiger partial charge is 0.349 e. The third-order valence-electron chi connectivity index (χ3n) is 3.60. The zero-order valence-corrected chi connectivity index (χ0v) is 14.3. The van der Waals surface area contributed by atoms with E-state index in [1.165, 1.54) is 18.2 Å². The first-order valence-corrected chi connectivity index (χ1v) is 8.18. The molecule has 0 spiro atoms. The average molecular weight is 354 g/mol. The van der Waals surface area contributed by atoms with Gasteiger partial charge < -0.3 is 9.15 Å². The molecule has 0 aliphatic heterocycles. The van der Waals surface area contributed by atoms with E-state index in [1.807, 2.05) is 13.0 Å². The van der Waals surface area contributed by atoms with Crippen LogP contribution in [0.1, 0.15) is 31.9 Å². The third-order valence-corrected chi connectivity index (χ3v) is 3.60. The number of nitro groups is 1. The Balaban J connectivity index is 2.09. The number of unbranched alkanes of at least 4 members (excludes halogenated alkanes) is 2. The van der Waals surface area contributed by atoms with Crippen molar-refractivity contribution in [2.75, 3.05) is 6.61 Å². The molecule has 26 heavy (non-hydrogen) atoms. The van der Waals surface area contributed by atoms with Crippen molar-refractivity contribution in [3.63, 3.8) is 0 Å². The van der Waals surface area contributed by atoms with E-state index >= 15 is 0 Å². The molecule has 1 heterocycles. The van der Waals surface area contributed by atoms with Gasteiger partial charge in [-0.05, 0) is 30.7 Å². The SMILES string of the molecule is CCCCCOC(=O)/C(C#N)=C/c1ccc(-c2ccc([N+](=O)[O-])cc2)o1. The van der Waals surface area contributed by atoms with E-state index in [-0.39, 0.29) is 17.9 Å². The molecule has 0 aliphatic rings. The number of furan rings is 1. The number of carbonyl (C=O) groups excluding carboxylic acids is 1. The second-order valence-electron chi connectivity index (χ2n) is 5.52. The second-order valence-corrected chi connectivity index (χ2v) is 5.52. The maximum atomic E-state index is 11.9. The molecule has 134 valence electrons. The number of non-ortho nitro benzene ring substituents is 1. The lowest BCUT2D eigenvalue weighted by Crippen LogP contribution is -2.07. The normalized spacial score (nSPS) is 11.0. The van der Waals surface area contributed by atoms with Crippen LogP contribution in [0.4, 0.5) is 5.69 Å². The number of benzene rings is 1. The molecule has 0 atom stereocenters. The molecule has 1 aromatic heterocycles. The largest absolute Gasteiger partial charge is 0.462 e. The van der Waals surface area contributed by atoms with Crippen molar-refractivity contribution in [1.29, 1.82) is 5.26 Å². The molecular formula is C19H18N2O5. The van der Waals surface area contributed by atoms with Crippen molar-refractivity contribution >= 4 is 17.7 Å².